The van der Waals surface area contributed by atoms with E-state index < -0.39 is 21.9 Å². The summed E-state index contributed by atoms with van der Waals surface area (Å²) in [7, 11) is -3.02. The molecule has 1 aliphatic rings. The number of benzene rings is 1. The van der Waals surface area contributed by atoms with E-state index in [0.717, 1.165) is 10.9 Å². The van der Waals surface area contributed by atoms with Crippen molar-refractivity contribution in [2.75, 3.05) is 11.5 Å². The van der Waals surface area contributed by atoms with Crippen LogP contribution in [0.2, 0.25) is 0 Å². The number of nitrogens with one attached hydrogen (secondary N) is 1. The topological polar surface area (TPSA) is 93.3 Å². The first-order valence-corrected chi connectivity index (χ1v) is 9.68. The van der Waals surface area contributed by atoms with Gasteiger partial charge in [0.15, 0.2) is 15.9 Å². The van der Waals surface area contributed by atoms with Gasteiger partial charge in [-0.05, 0) is 25.3 Å². The van der Waals surface area contributed by atoms with Crippen LogP contribution in [-0.4, -0.2) is 42.8 Å². The molecule has 24 heavy (non-hydrogen) atoms. The second-order valence-corrected chi connectivity index (χ2v) is 8.45. The van der Waals surface area contributed by atoms with E-state index >= 15 is 0 Å². The molecule has 0 saturated carbocycles. The number of carbonyl (C=O) groups excluding carboxylic acids is 2. The van der Waals surface area contributed by atoms with Crippen LogP contribution in [0.4, 0.5) is 0 Å². The Kier molecular flexibility index (Phi) is 4.45. The van der Waals surface area contributed by atoms with Crippen molar-refractivity contribution in [1.82, 2.24) is 4.98 Å². The van der Waals surface area contributed by atoms with Crippen LogP contribution in [0.5, 0.6) is 0 Å². The summed E-state index contributed by atoms with van der Waals surface area (Å²) in [6.45, 7) is 1.54. The number of carbonyl (C=O) groups is 2. The van der Waals surface area contributed by atoms with Crippen LogP contribution < -0.4 is 0 Å². The van der Waals surface area contributed by atoms with E-state index in [4.69, 9.17) is 4.74 Å². The lowest BCUT2D eigenvalue weighted by Crippen LogP contribution is -2.25. The van der Waals surface area contributed by atoms with Crippen LogP contribution in [-0.2, 0) is 19.4 Å². The van der Waals surface area contributed by atoms with E-state index in [9.17, 15) is 18.0 Å². The van der Waals surface area contributed by atoms with Crippen molar-refractivity contribution >= 4 is 32.5 Å². The van der Waals surface area contributed by atoms with Gasteiger partial charge < -0.3 is 9.72 Å². The van der Waals surface area contributed by atoms with E-state index in [-0.39, 0.29) is 29.6 Å². The zero-order chi connectivity index (χ0) is 17.3. The van der Waals surface area contributed by atoms with Crippen molar-refractivity contribution in [2.24, 2.45) is 5.92 Å². The third-order valence-electron chi connectivity index (χ3n) is 4.31. The van der Waals surface area contributed by atoms with E-state index in [2.05, 4.69) is 4.98 Å². The average Bonchev–Trinajstić information content (AvgIpc) is 3.09. The van der Waals surface area contributed by atoms with Crippen LogP contribution in [0.15, 0.2) is 30.5 Å². The first-order chi connectivity index (χ1) is 11.4. The average molecular weight is 349 g/mol. The zero-order valence-corrected chi connectivity index (χ0v) is 14.1. The number of hydrogen-bond donors (Lipinski definition) is 1. The lowest BCUT2D eigenvalue weighted by Gasteiger charge is -2.13. The summed E-state index contributed by atoms with van der Waals surface area (Å²) in [6.07, 6.45) is 1.21. The Balaban J connectivity index is 1.63. The molecular weight excluding hydrogens is 330 g/mol. The number of hydrogen-bond acceptors (Lipinski definition) is 5. The summed E-state index contributed by atoms with van der Waals surface area (Å²) in [6, 6.07) is 7.40. The maximum Gasteiger partial charge on any atom is 0.306 e. The normalized spacial score (nSPS) is 20.8. The molecule has 128 valence electrons. The molecule has 3 rings (SSSR count). The Bertz CT molecular complexity index is 883. The maximum atomic E-state index is 12.5. The number of ketones is 1. The molecule has 1 aliphatic heterocycles. The molecule has 6 nitrogen and oxygen atoms in total. The molecule has 0 unspecified atom stereocenters. The van der Waals surface area contributed by atoms with E-state index in [1.165, 1.54) is 6.92 Å². The number of rotatable bonds is 5. The molecule has 1 aromatic heterocycles. The van der Waals surface area contributed by atoms with Gasteiger partial charge in [-0.15, -0.1) is 0 Å². The lowest BCUT2D eigenvalue weighted by molar-refractivity contribution is -0.147. The number of aromatic amines is 1. The lowest BCUT2D eigenvalue weighted by atomic mass is 10.0. The van der Waals surface area contributed by atoms with Gasteiger partial charge in [-0.2, -0.15) is 0 Å². The molecule has 2 atom stereocenters. The molecule has 1 fully saturated rings. The molecule has 0 bridgehead atoms. The summed E-state index contributed by atoms with van der Waals surface area (Å²) in [5.41, 5.74) is 1.32. The highest BCUT2D eigenvalue weighted by Gasteiger charge is 2.31. The number of aromatic nitrogens is 1. The van der Waals surface area contributed by atoms with Crippen molar-refractivity contribution in [3.63, 3.8) is 0 Å². The van der Waals surface area contributed by atoms with Crippen molar-refractivity contribution in [3.8, 4) is 0 Å². The van der Waals surface area contributed by atoms with Gasteiger partial charge in [-0.1, -0.05) is 18.2 Å². The molecule has 0 spiro atoms. The second-order valence-electron chi connectivity index (χ2n) is 6.22. The van der Waals surface area contributed by atoms with E-state index in [1.54, 1.807) is 6.20 Å². The van der Waals surface area contributed by atoms with Crippen molar-refractivity contribution in [2.45, 2.75) is 25.9 Å². The fraction of sp³-hybridized carbons (Fsp3) is 0.412. The summed E-state index contributed by atoms with van der Waals surface area (Å²) in [5.74, 6) is -0.878. The molecule has 2 aromatic rings. The number of H-pyrrole nitrogens is 1. The Labute approximate surface area is 140 Å². The van der Waals surface area contributed by atoms with Crippen LogP contribution in [0.1, 0.15) is 30.1 Å². The highest BCUT2D eigenvalue weighted by atomic mass is 32.2. The second kappa shape index (κ2) is 6.39. The molecule has 1 saturated heterocycles. The Morgan fingerprint density at radius 2 is 2.08 bits per heavy atom. The third-order valence-corrected chi connectivity index (χ3v) is 6.15. The number of para-hydroxylation sites is 1. The smallest absolute Gasteiger partial charge is 0.306 e. The SMILES string of the molecule is C[C@H](OC(=O)C[C@@H]1CCS(=O)(=O)C1)C(=O)c1c[nH]c2ccccc12. The van der Waals surface area contributed by atoms with Gasteiger partial charge in [0.25, 0.3) is 0 Å². The predicted molar refractivity (Wildman–Crippen MR) is 89.6 cm³/mol. The molecule has 0 radical (unpaired) electrons. The minimum absolute atomic E-state index is 0.0207. The summed E-state index contributed by atoms with van der Waals surface area (Å²) in [5, 5.41) is 0.785. The molecule has 2 heterocycles. The molecule has 0 aliphatic carbocycles. The third kappa shape index (κ3) is 3.51. The van der Waals surface area contributed by atoms with Gasteiger partial charge in [0.05, 0.1) is 11.5 Å². The van der Waals surface area contributed by atoms with Crippen molar-refractivity contribution < 1.29 is 22.7 Å². The monoisotopic (exact) mass is 349 g/mol. The van der Waals surface area contributed by atoms with Gasteiger partial charge >= 0.3 is 5.97 Å². The quantitative estimate of drug-likeness (QED) is 0.659. The van der Waals surface area contributed by atoms with E-state index in [0.29, 0.717) is 12.0 Å². The Hall–Kier alpha value is -2.15. The molecule has 1 aromatic carbocycles. The van der Waals surface area contributed by atoms with Crippen molar-refractivity contribution in [3.05, 3.63) is 36.0 Å². The van der Waals surface area contributed by atoms with Gasteiger partial charge in [-0.3, -0.25) is 9.59 Å². The van der Waals surface area contributed by atoms with Crippen molar-refractivity contribution in [1.29, 1.82) is 0 Å². The highest BCUT2D eigenvalue weighted by molar-refractivity contribution is 7.91. The minimum atomic E-state index is -3.02. The van der Waals surface area contributed by atoms with Gasteiger partial charge in [0, 0.05) is 29.1 Å². The van der Waals surface area contributed by atoms with Crippen LogP contribution in [0, 0.1) is 5.92 Å². The van der Waals surface area contributed by atoms with Crippen LogP contribution >= 0.6 is 0 Å². The fourth-order valence-electron chi connectivity index (χ4n) is 3.06. The molecule has 7 heteroatoms. The number of sulfone groups is 1. The van der Waals surface area contributed by atoms with Gasteiger partial charge in [0.2, 0.25) is 5.78 Å². The largest absolute Gasteiger partial charge is 0.454 e. The first kappa shape index (κ1) is 16.7. The summed E-state index contributed by atoms with van der Waals surface area (Å²) >= 11 is 0. The van der Waals surface area contributed by atoms with Gasteiger partial charge in [-0.25, -0.2) is 8.42 Å². The minimum Gasteiger partial charge on any atom is -0.454 e. The fourth-order valence-corrected chi connectivity index (χ4v) is 4.92. The molecule has 1 N–H and O–H groups in total. The summed E-state index contributed by atoms with van der Waals surface area (Å²) < 4.78 is 28.1. The number of esters is 1. The molecular formula is C17H19NO5S. The molecule has 0 amide bonds. The first-order valence-electron chi connectivity index (χ1n) is 7.86. The zero-order valence-electron chi connectivity index (χ0n) is 13.3. The maximum absolute atomic E-state index is 12.5. The Morgan fingerprint density at radius 1 is 1.33 bits per heavy atom. The standard InChI is InChI=1S/C17H19NO5S/c1-11(23-16(19)8-12-6-7-24(21,22)10-12)17(20)14-9-18-15-5-3-2-4-13(14)15/h2-5,9,11-12,18H,6-8,10H2,1H3/t11-,12-/m0/s1. The van der Waals surface area contributed by atoms with Crippen LogP contribution in [0.25, 0.3) is 10.9 Å². The summed E-state index contributed by atoms with van der Waals surface area (Å²) in [4.78, 5) is 27.5. The number of fused-ring (bicyclic) bond motifs is 1. The predicted octanol–water partition coefficient (Wildman–Crippen LogP) is 2.11. The highest BCUT2D eigenvalue weighted by Crippen LogP contribution is 2.23. The van der Waals surface area contributed by atoms with Gasteiger partial charge in [0.1, 0.15) is 0 Å². The number of ether oxygens (including phenoxy) is 1. The number of Topliss-reactive ketones (excluding diaryl/α,β-unsaturated/α-hetero) is 1. The van der Waals surface area contributed by atoms with Crippen LogP contribution in [0.3, 0.4) is 0 Å². The Morgan fingerprint density at radius 3 is 2.79 bits per heavy atom. The van der Waals surface area contributed by atoms with E-state index in [1.807, 2.05) is 24.3 Å².